The first-order valence-corrected chi connectivity index (χ1v) is 15.4. The van der Waals surface area contributed by atoms with Crippen molar-refractivity contribution in [2.24, 2.45) is 0 Å². The van der Waals surface area contributed by atoms with E-state index >= 15 is 4.39 Å². The Kier molecular flexibility index (Phi) is 7.37. The van der Waals surface area contributed by atoms with E-state index < -0.39 is 17.5 Å². The van der Waals surface area contributed by atoms with E-state index in [4.69, 9.17) is 21.3 Å². The van der Waals surface area contributed by atoms with Crippen molar-refractivity contribution in [2.75, 3.05) is 44.7 Å². The molecule has 3 saturated heterocycles. The predicted octanol–water partition coefficient (Wildman–Crippen LogP) is 5.82. The lowest BCUT2D eigenvalue weighted by atomic mass is 9.95. The molecule has 4 aromatic rings. The van der Waals surface area contributed by atoms with E-state index in [-0.39, 0.29) is 35.8 Å². The summed E-state index contributed by atoms with van der Waals surface area (Å²) < 4.78 is 37.3. The van der Waals surface area contributed by atoms with Gasteiger partial charge in [-0.3, -0.25) is 14.7 Å². The van der Waals surface area contributed by atoms with Crippen molar-refractivity contribution in [1.82, 2.24) is 24.8 Å². The molecular formula is C33H33ClF2N6O2. The molecular weight excluding hydrogens is 586 g/mol. The first-order chi connectivity index (χ1) is 21.3. The van der Waals surface area contributed by atoms with Gasteiger partial charge in [0, 0.05) is 61.3 Å². The van der Waals surface area contributed by atoms with Gasteiger partial charge < -0.3 is 14.5 Å². The number of carbonyl (C=O) groups is 1. The summed E-state index contributed by atoms with van der Waals surface area (Å²) in [5.41, 5.74) is 0.352. The van der Waals surface area contributed by atoms with Gasteiger partial charge in [0.25, 0.3) is 0 Å². The predicted molar refractivity (Wildman–Crippen MR) is 167 cm³/mol. The summed E-state index contributed by atoms with van der Waals surface area (Å²) >= 11 is 6.58. The van der Waals surface area contributed by atoms with Gasteiger partial charge in [-0.15, -0.1) is 0 Å². The number of pyridine rings is 1. The zero-order chi connectivity index (χ0) is 30.6. The first-order valence-electron chi connectivity index (χ1n) is 15.0. The number of alkyl halides is 1. The highest BCUT2D eigenvalue weighted by Gasteiger charge is 2.49. The minimum atomic E-state index is -0.900. The van der Waals surface area contributed by atoms with Crippen LogP contribution in [0, 0.1) is 5.82 Å². The highest BCUT2D eigenvalue weighted by molar-refractivity contribution is 6.36. The van der Waals surface area contributed by atoms with Gasteiger partial charge in [-0.25, -0.2) is 8.78 Å². The van der Waals surface area contributed by atoms with Gasteiger partial charge in [-0.2, -0.15) is 9.97 Å². The Morgan fingerprint density at radius 1 is 1.25 bits per heavy atom. The van der Waals surface area contributed by atoms with Crippen molar-refractivity contribution in [3.8, 4) is 17.3 Å². The number of hydrogen-bond acceptors (Lipinski definition) is 7. The molecule has 0 aliphatic carbocycles. The zero-order valence-corrected chi connectivity index (χ0v) is 25.2. The van der Waals surface area contributed by atoms with Crippen LogP contribution < -0.4 is 9.64 Å². The van der Waals surface area contributed by atoms with E-state index in [0.29, 0.717) is 53.2 Å². The highest BCUT2D eigenvalue weighted by Crippen LogP contribution is 2.42. The lowest BCUT2D eigenvalue weighted by molar-refractivity contribution is -0.125. The minimum absolute atomic E-state index is 0.0317. The van der Waals surface area contributed by atoms with E-state index in [1.54, 1.807) is 30.3 Å². The lowest BCUT2D eigenvalue weighted by Crippen LogP contribution is -2.54. The molecule has 0 N–H and O–H groups in total. The molecule has 3 fully saturated rings. The van der Waals surface area contributed by atoms with Gasteiger partial charge in [0.05, 0.1) is 10.9 Å². The van der Waals surface area contributed by atoms with Gasteiger partial charge in [0.2, 0.25) is 5.91 Å². The van der Waals surface area contributed by atoms with Crippen LogP contribution >= 0.6 is 11.6 Å². The van der Waals surface area contributed by atoms with E-state index in [2.05, 4.69) is 21.4 Å². The molecule has 0 bridgehead atoms. The van der Waals surface area contributed by atoms with Crippen molar-refractivity contribution in [1.29, 1.82) is 0 Å². The number of benzene rings is 2. The number of hydrogen-bond donors (Lipinski definition) is 0. The molecule has 0 saturated carbocycles. The normalized spacial score (nSPS) is 23.1. The van der Waals surface area contributed by atoms with E-state index in [9.17, 15) is 9.18 Å². The van der Waals surface area contributed by atoms with Gasteiger partial charge in [0.15, 0.2) is 5.82 Å². The standard InChI is InChI=1S/C33H33ClF2N6O2/c1-3-26(43)40(2)18-22-11-14-42(22)31-24-16-37-29(23-9-4-7-20-8-5-10-25(34)27(20)23)28(36)30(24)38-32(39-31)44-19-33-12-6-13-41(33)17-21(35)15-33/h3-5,7-10,16,21-22H,1,6,11-15,17-19H2,2H3/t21-,22?,33+/m1/s1. The fourth-order valence-corrected chi connectivity index (χ4v) is 7.39. The number of fused-ring (bicyclic) bond motifs is 3. The van der Waals surface area contributed by atoms with E-state index in [0.717, 1.165) is 31.2 Å². The summed E-state index contributed by atoms with van der Waals surface area (Å²) in [6, 6.07) is 11.1. The van der Waals surface area contributed by atoms with Crippen LogP contribution in [-0.2, 0) is 4.79 Å². The number of carbonyl (C=O) groups excluding carboxylic acids is 1. The Hall–Kier alpha value is -3.89. The molecule has 3 aliphatic rings. The fourth-order valence-electron chi connectivity index (χ4n) is 7.10. The monoisotopic (exact) mass is 618 g/mol. The third-order valence-corrected chi connectivity index (χ3v) is 9.75. The average Bonchev–Trinajstić information content (AvgIpc) is 3.53. The third-order valence-electron chi connectivity index (χ3n) is 9.43. The van der Waals surface area contributed by atoms with Crippen LogP contribution in [0.2, 0.25) is 5.02 Å². The molecule has 11 heteroatoms. The summed E-state index contributed by atoms with van der Waals surface area (Å²) in [4.78, 5) is 31.9. The van der Waals surface area contributed by atoms with E-state index in [1.807, 2.05) is 29.2 Å². The molecule has 2 aromatic carbocycles. The lowest BCUT2D eigenvalue weighted by Gasteiger charge is -2.43. The molecule has 0 radical (unpaired) electrons. The quantitative estimate of drug-likeness (QED) is 0.231. The molecule has 8 nitrogen and oxygen atoms in total. The van der Waals surface area contributed by atoms with Crippen LogP contribution in [-0.4, -0.2) is 88.2 Å². The summed E-state index contributed by atoms with van der Waals surface area (Å²) in [6.45, 7) is 6.14. The molecule has 1 unspecified atom stereocenters. The summed E-state index contributed by atoms with van der Waals surface area (Å²) in [5, 5.41) is 2.51. The second-order valence-electron chi connectivity index (χ2n) is 12.1. The van der Waals surface area contributed by atoms with Crippen LogP contribution in [0.5, 0.6) is 6.01 Å². The highest BCUT2D eigenvalue weighted by atomic mass is 35.5. The second kappa shape index (κ2) is 11.2. The number of amides is 1. The molecule has 3 aliphatic heterocycles. The molecule has 44 heavy (non-hydrogen) atoms. The van der Waals surface area contributed by atoms with E-state index in [1.165, 1.54) is 6.08 Å². The zero-order valence-electron chi connectivity index (χ0n) is 24.5. The molecule has 2 aromatic heterocycles. The van der Waals surface area contributed by atoms with Crippen molar-refractivity contribution in [2.45, 2.75) is 43.4 Å². The van der Waals surface area contributed by atoms with Crippen molar-refractivity contribution < 1.29 is 18.3 Å². The fraction of sp³-hybridized carbons (Fsp3) is 0.394. The Morgan fingerprint density at radius 2 is 2.07 bits per heavy atom. The number of aromatic nitrogens is 3. The molecule has 3 atom stereocenters. The van der Waals surface area contributed by atoms with Crippen LogP contribution in [0.1, 0.15) is 25.7 Å². The van der Waals surface area contributed by atoms with Crippen LogP contribution in [0.15, 0.2) is 55.3 Å². The molecule has 0 spiro atoms. The number of halogens is 3. The third kappa shape index (κ3) is 4.84. The maximum Gasteiger partial charge on any atom is 0.319 e. The maximum atomic E-state index is 16.6. The topological polar surface area (TPSA) is 74.7 Å². The van der Waals surface area contributed by atoms with Crippen molar-refractivity contribution in [3.05, 3.63) is 66.1 Å². The molecule has 1 amide bonds. The SMILES string of the molecule is C=CC(=O)N(C)CC1CCN1c1nc(OC[C@@]23CCCN2C[C@H](F)C3)nc2c(F)c(-c3cccc4cccc(Cl)c34)ncc12. The number of likely N-dealkylation sites (N-methyl/N-ethyl adjacent to an activating group) is 1. The van der Waals surface area contributed by atoms with Gasteiger partial charge in [-0.05, 0) is 43.3 Å². The number of nitrogens with zero attached hydrogens (tertiary/aromatic N) is 6. The van der Waals surface area contributed by atoms with Gasteiger partial charge in [-0.1, -0.05) is 48.5 Å². The Labute approximate surface area is 259 Å². The van der Waals surface area contributed by atoms with Crippen molar-refractivity contribution >= 4 is 45.0 Å². The van der Waals surface area contributed by atoms with Crippen LogP contribution in [0.25, 0.3) is 32.9 Å². The van der Waals surface area contributed by atoms with Crippen LogP contribution in [0.4, 0.5) is 14.6 Å². The van der Waals surface area contributed by atoms with Gasteiger partial charge in [0.1, 0.15) is 29.8 Å². The summed E-state index contributed by atoms with van der Waals surface area (Å²) in [7, 11) is 1.72. The molecule has 7 rings (SSSR count). The summed E-state index contributed by atoms with van der Waals surface area (Å²) in [6.07, 6.45) is 5.01. The Morgan fingerprint density at radius 3 is 2.84 bits per heavy atom. The Bertz CT molecular complexity index is 1780. The Balaban J connectivity index is 1.32. The van der Waals surface area contributed by atoms with Crippen LogP contribution in [0.3, 0.4) is 0 Å². The largest absolute Gasteiger partial charge is 0.461 e. The maximum absolute atomic E-state index is 16.6. The van der Waals surface area contributed by atoms with Gasteiger partial charge >= 0.3 is 6.01 Å². The molecule has 228 valence electrons. The first kappa shape index (κ1) is 28.9. The number of ether oxygens (including phenoxy) is 1. The molecule has 5 heterocycles. The average molecular weight is 619 g/mol. The smallest absolute Gasteiger partial charge is 0.319 e. The van der Waals surface area contributed by atoms with Crippen molar-refractivity contribution in [3.63, 3.8) is 0 Å². The number of rotatable bonds is 8. The summed E-state index contributed by atoms with van der Waals surface area (Å²) in [5.74, 6) is -0.294. The second-order valence-corrected chi connectivity index (χ2v) is 12.5. The number of anilines is 1. The minimum Gasteiger partial charge on any atom is -0.461 e.